The van der Waals surface area contributed by atoms with Gasteiger partial charge in [0.15, 0.2) is 0 Å². The van der Waals surface area contributed by atoms with Gasteiger partial charge in [-0.25, -0.2) is 0 Å². The minimum absolute atomic E-state index is 1.09. The van der Waals surface area contributed by atoms with Crippen molar-refractivity contribution in [3.8, 4) is 23.0 Å². The summed E-state index contributed by atoms with van der Waals surface area (Å²) >= 11 is 0. The molecule has 0 saturated heterocycles. The van der Waals surface area contributed by atoms with E-state index in [2.05, 4.69) is 130 Å². The summed E-state index contributed by atoms with van der Waals surface area (Å²) < 4.78 is 0. The van der Waals surface area contributed by atoms with E-state index in [1.54, 1.807) is 0 Å². The number of benzene rings is 5. The molecule has 5 aromatic carbocycles. The van der Waals surface area contributed by atoms with E-state index in [4.69, 9.17) is 0 Å². The summed E-state index contributed by atoms with van der Waals surface area (Å²) in [6.45, 7) is 24.3. The van der Waals surface area contributed by atoms with E-state index in [0.29, 0.717) is 0 Å². The van der Waals surface area contributed by atoms with E-state index >= 15 is 0 Å². The molecule has 0 nitrogen and oxygen atoms in total. The molecule has 0 spiro atoms. The van der Waals surface area contributed by atoms with Crippen LogP contribution in [-0.4, -0.2) is 0 Å². The van der Waals surface area contributed by atoms with Crippen molar-refractivity contribution in [1.82, 2.24) is 0 Å². The summed E-state index contributed by atoms with van der Waals surface area (Å²) in [6, 6.07) is 34.6. The highest BCUT2D eigenvalue weighted by atomic mass is 14.1. The van der Waals surface area contributed by atoms with Gasteiger partial charge in [-0.2, -0.15) is 0 Å². The fraction of sp³-hybridized carbons (Fsp3) is 0.300. The first-order valence-corrected chi connectivity index (χ1v) is 15.0. The molecule has 0 fully saturated rings. The molecular weight excluding hydrogens is 480 g/mol. The molecule has 0 N–H and O–H groups in total. The van der Waals surface area contributed by atoms with Gasteiger partial charge in [0.1, 0.15) is 0 Å². The molecular formula is C40H52. The summed E-state index contributed by atoms with van der Waals surface area (Å²) in [5.41, 5.74) is 7.63. The van der Waals surface area contributed by atoms with E-state index in [1.165, 1.54) is 49.4 Å². The van der Waals surface area contributed by atoms with Crippen LogP contribution in [0.3, 0.4) is 0 Å². The van der Waals surface area contributed by atoms with Crippen LogP contribution in [-0.2, 0) is 0 Å². The third-order valence-corrected chi connectivity index (χ3v) is 5.77. The maximum absolute atomic E-state index is 3.06. The zero-order chi connectivity index (χ0) is 30.5. The monoisotopic (exact) mass is 532 g/mol. The smallest absolute Gasteiger partial charge is 0.0251 e. The third kappa shape index (κ3) is 10.7. The van der Waals surface area contributed by atoms with E-state index in [0.717, 1.165) is 5.56 Å². The fourth-order valence-corrected chi connectivity index (χ4v) is 4.02. The van der Waals surface area contributed by atoms with Crippen molar-refractivity contribution in [3.63, 3.8) is 0 Å². The van der Waals surface area contributed by atoms with Gasteiger partial charge in [0.2, 0.25) is 0 Å². The molecule has 0 bridgehead atoms. The van der Waals surface area contributed by atoms with Crippen LogP contribution in [0.5, 0.6) is 0 Å². The van der Waals surface area contributed by atoms with E-state index in [-0.39, 0.29) is 0 Å². The standard InChI is InChI=1S/C18H16.C14H12.4C2H6/c1-13-7-10-15(11-8-13)17-12-9-14(2)16-5-3-4-6-18(16)17;1-3-4-12-6-8-13-9-11(2)5-7-14(13)10-12;4*1-2/h3-12H,1-2H3;5-10H,1-2H3;4*1-2H3. The highest BCUT2D eigenvalue weighted by Gasteiger charge is 2.04. The average molecular weight is 533 g/mol. The molecule has 0 atom stereocenters. The van der Waals surface area contributed by atoms with Crippen LogP contribution in [0.4, 0.5) is 0 Å². The average Bonchev–Trinajstić information content (AvgIpc) is 3.03. The van der Waals surface area contributed by atoms with Crippen LogP contribution in [0.1, 0.15) is 84.6 Å². The molecule has 40 heavy (non-hydrogen) atoms. The summed E-state index contributed by atoms with van der Waals surface area (Å²) in [5, 5.41) is 5.22. The van der Waals surface area contributed by atoms with Crippen LogP contribution < -0.4 is 0 Å². The lowest BCUT2D eigenvalue weighted by molar-refractivity contribution is 1.47. The zero-order valence-corrected chi connectivity index (χ0v) is 27.2. The summed E-state index contributed by atoms with van der Waals surface area (Å²) in [6.07, 6.45) is 0. The van der Waals surface area contributed by atoms with E-state index in [1.807, 2.05) is 62.3 Å². The van der Waals surface area contributed by atoms with Crippen molar-refractivity contribution in [2.75, 3.05) is 0 Å². The maximum Gasteiger partial charge on any atom is 0.0251 e. The van der Waals surface area contributed by atoms with Gasteiger partial charge >= 0.3 is 0 Å². The topological polar surface area (TPSA) is 0 Å². The van der Waals surface area contributed by atoms with Crippen molar-refractivity contribution in [3.05, 3.63) is 119 Å². The Morgan fingerprint density at radius 1 is 0.475 bits per heavy atom. The second kappa shape index (κ2) is 21.1. The molecule has 5 rings (SSSR count). The van der Waals surface area contributed by atoms with Gasteiger partial charge in [-0.1, -0.05) is 157 Å². The van der Waals surface area contributed by atoms with E-state index in [9.17, 15) is 0 Å². The van der Waals surface area contributed by atoms with Crippen molar-refractivity contribution >= 4 is 21.5 Å². The Morgan fingerprint density at radius 2 is 1.00 bits per heavy atom. The Balaban J connectivity index is 0.000000621. The van der Waals surface area contributed by atoms with E-state index < -0.39 is 0 Å². The van der Waals surface area contributed by atoms with Crippen LogP contribution in [0.25, 0.3) is 32.7 Å². The summed E-state index contributed by atoms with van der Waals surface area (Å²) in [5.74, 6) is 5.97. The first kappa shape index (κ1) is 36.2. The van der Waals surface area contributed by atoms with Gasteiger partial charge in [-0.15, -0.1) is 5.92 Å². The van der Waals surface area contributed by atoms with Gasteiger partial charge in [-0.05, 0) is 78.1 Å². The number of rotatable bonds is 1. The minimum Gasteiger partial charge on any atom is -0.101 e. The van der Waals surface area contributed by atoms with Gasteiger partial charge in [0.05, 0.1) is 0 Å². The molecule has 212 valence electrons. The van der Waals surface area contributed by atoms with Crippen LogP contribution in [0.15, 0.2) is 97.1 Å². The second-order valence-corrected chi connectivity index (χ2v) is 8.28. The van der Waals surface area contributed by atoms with Crippen molar-refractivity contribution in [2.24, 2.45) is 0 Å². The first-order valence-electron chi connectivity index (χ1n) is 15.0. The lowest BCUT2D eigenvalue weighted by atomic mass is 9.95. The van der Waals surface area contributed by atoms with Gasteiger partial charge in [0.25, 0.3) is 0 Å². The van der Waals surface area contributed by atoms with Crippen LogP contribution in [0, 0.1) is 32.6 Å². The molecule has 0 unspecified atom stereocenters. The van der Waals surface area contributed by atoms with Crippen molar-refractivity contribution in [1.29, 1.82) is 0 Å². The normalized spacial score (nSPS) is 8.80. The molecule has 0 heterocycles. The highest BCUT2D eigenvalue weighted by molar-refractivity contribution is 5.98. The quantitative estimate of drug-likeness (QED) is 0.188. The maximum atomic E-state index is 3.06. The number of hydrogen-bond donors (Lipinski definition) is 0. The molecule has 0 aliphatic rings. The Bertz CT molecular complexity index is 1440. The Hall–Kier alpha value is -3.82. The Labute approximate surface area is 246 Å². The van der Waals surface area contributed by atoms with Gasteiger partial charge in [0, 0.05) is 5.56 Å². The lowest BCUT2D eigenvalue weighted by Gasteiger charge is -2.09. The summed E-state index contributed by atoms with van der Waals surface area (Å²) in [4.78, 5) is 0. The Morgan fingerprint density at radius 3 is 1.60 bits per heavy atom. The SMILES string of the molecule is CC.CC.CC.CC.CC#Cc1ccc2cc(C)ccc2c1.Cc1ccc(-c2ccc(C)c3ccccc23)cc1. The predicted octanol–water partition coefficient (Wildman–Crippen LogP) is 12.7. The second-order valence-electron chi connectivity index (χ2n) is 8.28. The van der Waals surface area contributed by atoms with Crippen LogP contribution in [0.2, 0.25) is 0 Å². The largest absolute Gasteiger partial charge is 0.101 e. The predicted molar refractivity (Wildman–Crippen MR) is 185 cm³/mol. The number of hydrogen-bond acceptors (Lipinski definition) is 0. The fourth-order valence-electron chi connectivity index (χ4n) is 4.02. The molecule has 0 aromatic heterocycles. The molecule has 5 aromatic rings. The van der Waals surface area contributed by atoms with Crippen molar-refractivity contribution < 1.29 is 0 Å². The minimum atomic E-state index is 1.09. The van der Waals surface area contributed by atoms with Crippen molar-refractivity contribution in [2.45, 2.75) is 83.1 Å². The van der Waals surface area contributed by atoms with Crippen LogP contribution >= 0.6 is 0 Å². The molecule has 0 radical (unpaired) electrons. The third-order valence-electron chi connectivity index (χ3n) is 5.77. The molecule has 0 amide bonds. The molecule has 0 aliphatic carbocycles. The molecule has 0 aliphatic heterocycles. The lowest BCUT2D eigenvalue weighted by Crippen LogP contribution is -1.84. The number of fused-ring (bicyclic) bond motifs is 2. The summed E-state index contributed by atoms with van der Waals surface area (Å²) in [7, 11) is 0. The van der Waals surface area contributed by atoms with Gasteiger partial charge in [-0.3, -0.25) is 0 Å². The zero-order valence-electron chi connectivity index (χ0n) is 27.2. The molecule has 0 saturated carbocycles. The first-order chi connectivity index (χ1) is 19.5. The Kier molecular flexibility index (Phi) is 19.0. The van der Waals surface area contributed by atoms with Gasteiger partial charge < -0.3 is 0 Å². The number of aryl methyl sites for hydroxylation is 3. The highest BCUT2D eigenvalue weighted by Crippen LogP contribution is 2.30. The molecule has 0 heteroatoms.